The highest BCUT2D eigenvalue weighted by Gasteiger charge is 2.55. The van der Waals surface area contributed by atoms with Crippen molar-refractivity contribution < 1.29 is 93.0 Å². The van der Waals surface area contributed by atoms with Crippen molar-refractivity contribution in [3.05, 3.63) is 12.7 Å². The minimum Gasteiger partial charge on any atom is -0.459 e. The van der Waals surface area contributed by atoms with E-state index < -0.39 is 119 Å². The first kappa shape index (κ1) is 50.3. The third-order valence-corrected chi connectivity index (χ3v) is 11.0. The van der Waals surface area contributed by atoms with E-state index in [1.54, 1.807) is 12.7 Å². The van der Waals surface area contributed by atoms with E-state index >= 15 is 0 Å². The third-order valence-electron chi connectivity index (χ3n) is 10.5. The lowest BCUT2D eigenvalue weighted by atomic mass is 9.72. The molecule has 0 saturated carbocycles. The molecular formula is C37H67O19P. The van der Waals surface area contributed by atoms with Gasteiger partial charge in [-0.3, -0.25) is 4.79 Å². The van der Waals surface area contributed by atoms with E-state index in [4.69, 9.17) is 42.4 Å². The SMILES string of the molecule is C=CC(C)(C)COCC1OC(OC2C(O)C(OC3C(O)C(CO)OC(OCCC(C)(C)CC(C)(C)CCOP(C)O)C3O)OC(CO)C2OC=O)C(O)C(O)C1O. The molecule has 3 aliphatic heterocycles. The van der Waals surface area contributed by atoms with Crippen molar-refractivity contribution in [3.63, 3.8) is 0 Å². The van der Waals surface area contributed by atoms with E-state index in [0.717, 1.165) is 6.42 Å². The molecule has 334 valence electrons. The van der Waals surface area contributed by atoms with Crippen molar-refractivity contribution in [1.82, 2.24) is 0 Å². The van der Waals surface area contributed by atoms with E-state index in [0.29, 0.717) is 19.4 Å². The van der Waals surface area contributed by atoms with Gasteiger partial charge in [0, 0.05) is 12.1 Å². The predicted molar refractivity (Wildman–Crippen MR) is 200 cm³/mol. The molecule has 16 unspecified atom stereocenters. The van der Waals surface area contributed by atoms with Gasteiger partial charge >= 0.3 is 0 Å². The Morgan fingerprint density at radius 2 is 1.23 bits per heavy atom. The average Bonchev–Trinajstić information content (AvgIpc) is 3.13. The van der Waals surface area contributed by atoms with Crippen LogP contribution in [0.3, 0.4) is 0 Å². The number of rotatable bonds is 23. The quantitative estimate of drug-likeness (QED) is 0.0340. The van der Waals surface area contributed by atoms with Crippen LogP contribution in [0, 0.1) is 16.2 Å². The molecule has 0 spiro atoms. The first-order valence-electron chi connectivity index (χ1n) is 19.2. The van der Waals surface area contributed by atoms with Crippen molar-refractivity contribution in [2.24, 2.45) is 16.2 Å². The lowest BCUT2D eigenvalue weighted by Gasteiger charge is -2.48. The van der Waals surface area contributed by atoms with E-state index in [1.165, 1.54) is 0 Å². The molecule has 57 heavy (non-hydrogen) atoms. The smallest absolute Gasteiger partial charge is 0.293 e. The van der Waals surface area contributed by atoms with Crippen molar-refractivity contribution in [2.45, 2.75) is 153 Å². The van der Waals surface area contributed by atoms with Crippen molar-refractivity contribution in [3.8, 4) is 0 Å². The average molecular weight is 847 g/mol. The van der Waals surface area contributed by atoms with Gasteiger partial charge in [-0.25, -0.2) is 0 Å². The van der Waals surface area contributed by atoms with Gasteiger partial charge in [-0.05, 0) is 30.1 Å². The number of carbonyl (C=O) groups is 1. The summed E-state index contributed by atoms with van der Waals surface area (Å²) in [5.74, 6) is 0. The molecule has 3 rings (SSSR count). The summed E-state index contributed by atoms with van der Waals surface area (Å²) in [4.78, 5) is 21.0. The normalized spacial score (nSPS) is 37.4. The number of aliphatic hydroxyl groups is 8. The van der Waals surface area contributed by atoms with Gasteiger partial charge in [0.25, 0.3) is 6.47 Å². The van der Waals surface area contributed by atoms with Gasteiger partial charge in [-0.1, -0.05) is 47.6 Å². The van der Waals surface area contributed by atoms with Crippen LogP contribution in [0.1, 0.15) is 60.8 Å². The molecule has 19 nitrogen and oxygen atoms in total. The molecular weight excluding hydrogens is 779 g/mol. The van der Waals surface area contributed by atoms with E-state index in [2.05, 4.69) is 34.3 Å². The maximum Gasteiger partial charge on any atom is 0.293 e. The highest BCUT2D eigenvalue weighted by atomic mass is 31.2. The molecule has 3 heterocycles. The zero-order valence-corrected chi connectivity index (χ0v) is 34.8. The first-order valence-corrected chi connectivity index (χ1v) is 20.8. The fourth-order valence-electron chi connectivity index (χ4n) is 7.24. The lowest BCUT2D eigenvalue weighted by Crippen LogP contribution is -2.67. The summed E-state index contributed by atoms with van der Waals surface area (Å²) in [6.07, 6.45) is -20.8. The van der Waals surface area contributed by atoms with Crippen molar-refractivity contribution in [2.75, 3.05) is 46.3 Å². The standard InChI is InChI=1S/C37H67O19P/c1-9-35(2,3)18-48-16-22-23(41)25(43)26(44)33(54-22)56-31-28(46)34(53-21(15-39)29(31)50-19-40)55-30-24(42)20(14-38)52-32(27(30)45)49-12-10-36(4,5)17-37(6,7)11-13-51-57(8)47/h9,19-34,38-39,41-47H,1,10-18H2,2-8H3. The van der Waals surface area contributed by atoms with Gasteiger partial charge in [-0.2, -0.15) is 0 Å². The second kappa shape index (κ2) is 22.2. The summed E-state index contributed by atoms with van der Waals surface area (Å²) < 4.78 is 51.1. The minimum atomic E-state index is -1.94. The molecule has 0 radical (unpaired) electrons. The zero-order valence-electron chi connectivity index (χ0n) is 33.9. The molecule has 0 bridgehead atoms. The second-order valence-corrected chi connectivity index (χ2v) is 18.4. The molecule has 3 aliphatic rings. The molecule has 0 amide bonds. The van der Waals surface area contributed by atoms with Crippen molar-refractivity contribution in [1.29, 1.82) is 0 Å². The first-order chi connectivity index (χ1) is 26.6. The molecule has 0 aromatic carbocycles. The van der Waals surface area contributed by atoms with Crippen LogP contribution in [-0.2, 0) is 47.2 Å². The number of hydrogen-bond donors (Lipinski definition) is 9. The predicted octanol–water partition coefficient (Wildman–Crippen LogP) is -0.958. The molecule has 9 N–H and O–H groups in total. The lowest BCUT2D eigenvalue weighted by molar-refractivity contribution is -0.381. The Morgan fingerprint density at radius 1 is 0.684 bits per heavy atom. The van der Waals surface area contributed by atoms with Gasteiger partial charge in [0.15, 0.2) is 33.3 Å². The summed E-state index contributed by atoms with van der Waals surface area (Å²) in [6, 6.07) is 0. The number of carbonyl (C=O) groups excluding carboxylic acids is 1. The number of aliphatic hydroxyl groups excluding tert-OH is 8. The Kier molecular flexibility index (Phi) is 19.6. The Labute approximate surface area is 335 Å². The van der Waals surface area contributed by atoms with Gasteiger partial charge < -0.3 is 88.2 Å². The van der Waals surface area contributed by atoms with Crippen LogP contribution in [-0.4, -0.2) is 191 Å². The van der Waals surface area contributed by atoms with Crippen LogP contribution in [0.2, 0.25) is 0 Å². The number of hydrogen-bond acceptors (Lipinski definition) is 19. The Bertz CT molecular complexity index is 1210. The summed E-state index contributed by atoms with van der Waals surface area (Å²) in [6.45, 7) is 16.3. The van der Waals surface area contributed by atoms with Gasteiger partial charge in [-0.15, -0.1) is 6.58 Å². The maximum atomic E-state index is 11.6. The van der Waals surface area contributed by atoms with Crippen LogP contribution < -0.4 is 0 Å². The zero-order chi connectivity index (χ0) is 42.9. The minimum absolute atomic E-state index is 0.0184. The molecule has 0 aromatic heterocycles. The Balaban J connectivity index is 1.75. The van der Waals surface area contributed by atoms with E-state index in [9.17, 15) is 50.5 Å². The summed E-state index contributed by atoms with van der Waals surface area (Å²) in [5, 5.41) is 86.4. The molecule has 0 aliphatic carbocycles. The largest absolute Gasteiger partial charge is 0.459 e. The second-order valence-electron chi connectivity index (χ2n) is 17.2. The number of ether oxygens (including phenoxy) is 8. The highest BCUT2D eigenvalue weighted by Crippen LogP contribution is 2.40. The molecule has 3 fully saturated rings. The third kappa shape index (κ3) is 14.3. The van der Waals surface area contributed by atoms with Crippen LogP contribution >= 0.6 is 8.38 Å². The van der Waals surface area contributed by atoms with E-state index in [1.807, 2.05) is 13.8 Å². The summed E-state index contributed by atoms with van der Waals surface area (Å²) in [7, 11) is -1.45. The summed E-state index contributed by atoms with van der Waals surface area (Å²) >= 11 is 0. The Morgan fingerprint density at radius 3 is 1.81 bits per heavy atom. The Hall–Kier alpha value is -1.04. The topological polar surface area (TPSA) is 282 Å². The van der Waals surface area contributed by atoms with Crippen LogP contribution in [0.25, 0.3) is 0 Å². The van der Waals surface area contributed by atoms with Gasteiger partial charge in [0.2, 0.25) is 0 Å². The fourth-order valence-corrected chi connectivity index (χ4v) is 7.60. The molecule has 0 aromatic rings. The summed E-state index contributed by atoms with van der Waals surface area (Å²) in [5.41, 5.74) is -0.820. The van der Waals surface area contributed by atoms with E-state index in [-0.39, 0.29) is 37.1 Å². The van der Waals surface area contributed by atoms with Gasteiger partial charge in [0.1, 0.15) is 67.1 Å². The molecule has 3 saturated heterocycles. The maximum absolute atomic E-state index is 11.6. The van der Waals surface area contributed by atoms with Crippen molar-refractivity contribution >= 4 is 14.8 Å². The fraction of sp³-hybridized carbons (Fsp3) is 0.919. The van der Waals surface area contributed by atoms with Crippen LogP contribution in [0.4, 0.5) is 0 Å². The monoisotopic (exact) mass is 846 g/mol. The highest BCUT2D eigenvalue weighted by molar-refractivity contribution is 7.45. The molecule has 16 atom stereocenters. The van der Waals surface area contributed by atoms with Crippen LogP contribution in [0.15, 0.2) is 12.7 Å². The van der Waals surface area contributed by atoms with Crippen LogP contribution in [0.5, 0.6) is 0 Å². The molecule has 20 heteroatoms. The van der Waals surface area contributed by atoms with Gasteiger partial charge in [0.05, 0.1) is 39.6 Å².